The van der Waals surface area contributed by atoms with Crippen molar-refractivity contribution in [1.29, 1.82) is 0 Å². The molecule has 0 saturated heterocycles. The van der Waals surface area contributed by atoms with Gasteiger partial charge in [0, 0.05) is 19.8 Å². The SMILES string of the molecule is CS/C(N)=N/N=Cc1ccc(N(C)C)cc1. The molecule has 16 heavy (non-hydrogen) atoms. The van der Waals surface area contributed by atoms with Gasteiger partial charge in [-0.15, -0.1) is 5.10 Å². The Kier molecular flexibility index (Phi) is 4.85. The Bertz CT molecular complexity index is 381. The van der Waals surface area contributed by atoms with E-state index in [2.05, 4.69) is 10.2 Å². The Hall–Kier alpha value is -1.49. The van der Waals surface area contributed by atoms with Gasteiger partial charge in [0.2, 0.25) is 0 Å². The summed E-state index contributed by atoms with van der Waals surface area (Å²) in [5.74, 6) is 0. The van der Waals surface area contributed by atoms with E-state index in [0.29, 0.717) is 5.17 Å². The maximum Gasteiger partial charge on any atom is 0.180 e. The van der Waals surface area contributed by atoms with Crippen LogP contribution in [0, 0.1) is 0 Å². The fourth-order valence-corrected chi connectivity index (χ4v) is 1.18. The van der Waals surface area contributed by atoms with Crippen LogP contribution in [0.3, 0.4) is 0 Å². The second-order valence-electron chi connectivity index (χ2n) is 3.37. The number of benzene rings is 1. The molecule has 0 fully saturated rings. The highest BCUT2D eigenvalue weighted by atomic mass is 32.2. The highest BCUT2D eigenvalue weighted by molar-refractivity contribution is 8.13. The van der Waals surface area contributed by atoms with Crippen molar-refractivity contribution in [3.05, 3.63) is 29.8 Å². The van der Waals surface area contributed by atoms with Crippen LogP contribution in [0.2, 0.25) is 0 Å². The zero-order valence-corrected chi connectivity index (χ0v) is 10.5. The standard InChI is InChI=1S/C11H16N4S/c1-15(2)10-6-4-9(5-7-10)8-13-14-11(12)16-3/h4-8H,1-3H3,(H2,12,14). The van der Waals surface area contributed by atoms with Crippen LogP contribution >= 0.6 is 11.8 Å². The van der Waals surface area contributed by atoms with Crippen LogP contribution in [0.1, 0.15) is 5.56 Å². The minimum atomic E-state index is 0.459. The van der Waals surface area contributed by atoms with Crippen molar-refractivity contribution in [2.24, 2.45) is 15.9 Å². The summed E-state index contributed by atoms with van der Waals surface area (Å²) in [4.78, 5) is 2.05. The summed E-state index contributed by atoms with van der Waals surface area (Å²) in [7, 11) is 4.01. The molecule has 0 aliphatic heterocycles. The van der Waals surface area contributed by atoms with Gasteiger partial charge in [-0.1, -0.05) is 23.9 Å². The van der Waals surface area contributed by atoms with Crippen molar-refractivity contribution >= 4 is 28.8 Å². The summed E-state index contributed by atoms with van der Waals surface area (Å²) in [6, 6.07) is 8.04. The van der Waals surface area contributed by atoms with Gasteiger partial charge in [0.1, 0.15) is 0 Å². The smallest absolute Gasteiger partial charge is 0.180 e. The predicted molar refractivity (Wildman–Crippen MR) is 73.5 cm³/mol. The maximum absolute atomic E-state index is 5.49. The summed E-state index contributed by atoms with van der Waals surface area (Å²) < 4.78 is 0. The Morgan fingerprint density at radius 3 is 2.44 bits per heavy atom. The van der Waals surface area contributed by atoms with Gasteiger partial charge >= 0.3 is 0 Å². The average Bonchev–Trinajstić information content (AvgIpc) is 2.29. The largest absolute Gasteiger partial charge is 0.378 e. The number of thioether (sulfide) groups is 1. The van der Waals surface area contributed by atoms with Gasteiger partial charge in [0.25, 0.3) is 0 Å². The minimum Gasteiger partial charge on any atom is -0.378 e. The van der Waals surface area contributed by atoms with Gasteiger partial charge in [-0.05, 0) is 24.0 Å². The van der Waals surface area contributed by atoms with Crippen molar-refractivity contribution in [3.8, 4) is 0 Å². The van der Waals surface area contributed by atoms with Gasteiger partial charge in [-0.25, -0.2) is 0 Å². The molecule has 1 aromatic rings. The highest BCUT2D eigenvalue weighted by Crippen LogP contribution is 2.10. The molecule has 0 radical (unpaired) electrons. The van der Waals surface area contributed by atoms with E-state index in [-0.39, 0.29) is 0 Å². The van der Waals surface area contributed by atoms with E-state index in [4.69, 9.17) is 5.73 Å². The lowest BCUT2D eigenvalue weighted by Gasteiger charge is -2.11. The van der Waals surface area contributed by atoms with Gasteiger partial charge in [0.15, 0.2) is 5.17 Å². The third kappa shape index (κ3) is 3.94. The van der Waals surface area contributed by atoms with Gasteiger partial charge in [0.05, 0.1) is 6.21 Å². The third-order valence-electron chi connectivity index (χ3n) is 1.98. The fraction of sp³-hybridized carbons (Fsp3) is 0.273. The molecular formula is C11H16N4S. The number of nitrogens with zero attached hydrogens (tertiary/aromatic N) is 3. The Morgan fingerprint density at radius 1 is 1.31 bits per heavy atom. The van der Waals surface area contributed by atoms with Crippen LogP contribution in [0.15, 0.2) is 34.5 Å². The number of amidine groups is 1. The van der Waals surface area contributed by atoms with Gasteiger partial charge in [-0.2, -0.15) is 5.10 Å². The number of hydrogen-bond acceptors (Lipinski definition) is 4. The summed E-state index contributed by atoms with van der Waals surface area (Å²) in [5.41, 5.74) is 7.65. The normalized spacial score (nSPS) is 12.1. The van der Waals surface area contributed by atoms with Gasteiger partial charge in [-0.3, -0.25) is 0 Å². The Labute approximate surface area is 100 Å². The minimum absolute atomic E-state index is 0.459. The Balaban J connectivity index is 2.69. The molecule has 0 aliphatic rings. The molecule has 0 aliphatic carbocycles. The summed E-state index contributed by atoms with van der Waals surface area (Å²) in [6.45, 7) is 0. The molecule has 5 heteroatoms. The van der Waals surface area contributed by atoms with Crippen LogP contribution in [-0.4, -0.2) is 31.7 Å². The van der Waals surface area contributed by atoms with E-state index < -0.39 is 0 Å². The molecule has 2 N–H and O–H groups in total. The molecule has 0 unspecified atom stereocenters. The van der Waals surface area contributed by atoms with Crippen molar-refractivity contribution in [1.82, 2.24) is 0 Å². The van der Waals surface area contributed by atoms with Crippen molar-refractivity contribution in [2.75, 3.05) is 25.3 Å². The number of anilines is 1. The first-order chi connectivity index (χ1) is 7.63. The van der Waals surface area contributed by atoms with Crippen molar-refractivity contribution in [3.63, 3.8) is 0 Å². The van der Waals surface area contributed by atoms with Crippen LogP contribution in [0.5, 0.6) is 0 Å². The fourth-order valence-electron chi connectivity index (χ4n) is 1.05. The maximum atomic E-state index is 5.49. The second kappa shape index (κ2) is 6.17. The van der Waals surface area contributed by atoms with Crippen LogP contribution in [0.4, 0.5) is 5.69 Å². The van der Waals surface area contributed by atoms with E-state index in [1.54, 1.807) is 6.21 Å². The second-order valence-corrected chi connectivity index (χ2v) is 4.20. The van der Waals surface area contributed by atoms with Crippen molar-refractivity contribution < 1.29 is 0 Å². The van der Waals surface area contributed by atoms with E-state index in [1.807, 2.05) is 49.5 Å². The molecule has 1 aromatic carbocycles. The van der Waals surface area contributed by atoms with E-state index in [1.165, 1.54) is 11.8 Å². The molecule has 0 spiro atoms. The van der Waals surface area contributed by atoms with Crippen LogP contribution in [0.25, 0.3) is 0 Å². The van der Waals surface area contributed by atoms with Crippen LogP contribution in [-0.2, 0) is 0 Å². The summed E-state index contributed by atoms with van der Waals surface area (Å²) in [6.07, 6.45) is 3.54. The summed E-state index contributed by atoms with van der Waals surface area (Å²) >= 11 is 1.37. The highest BCUT2D eigenvalue weighted by Gasteiger charge is 1.93. The third-order valence-corrected chi connectivity index (χ3v) is 2.48. The van der Waals surface area contributed by atoms with E-state index >= 15 is 0 Å². The first kappa shape index (κ1) is 12.6. The lowest BCUT2D eigenvalue weighted by molar-refractivity contribution is 1.13. The van der Waals surface area contributed by atoms with Crippen LogP contribution < -0.4 is 10.6 Å². The monoisotopic (exact) mass is 236 g/mol. The molecule has 4 nitrogen and oxygen atoms in total. The van der Waals surface area contributed by atoms with E-state index in [0.717, 1.165) is 11.3 Å². The number of rotatable bonds is 3. The van der Waals surface area contributed by atoms with E-state index in [9.17, 15) is 0 Å². The topological polar surface area (TPSA) is 54.0 Å². The summed E-state index contributed by atoms with van der Waals surface area (Å²) in [5, 5.41) is 8.16. The molecule has 0 saturated carbocycles. The molecule has 0 atom stereocenters. The lowest BCUT2D eigenvalue weighted by atomic mass is 10.2. The Morgan fingerprint density at radius 2 is 1.94 bits per heavy atom. The quantitative estimate of drug-likeness (QED) is 0.494. The first-order valence-electron chi connectivity index (χ1n) is 4.81. The molecule has 0 bridgehead atoms. The lowest BCUT2D eigenvalue weighted by Crippen LogP contribution is -2.08. The molecule has 0 amide bonds. The zero-order chi connectivity index (χ0) is 12.0. The zero-order valence-electron chi connectivity index (χ0n) is 9.71. The molecule has 86 valence electrons. The number of nitrogens with two attached hydrogens (primary N) is 1. The first-order valence-corrected chi connectivity index (χ1v) is 6.04. The van der Waals surface area contributed by atoms with Crippen molar-refractivity contribution in [2.45, 2.75) is 0 Å². The van der Waals surface area contributed by atoms with Gasteiger partial charge < -0.3 is 10.6 Å². The molecule has 0 heterocycles. The molecule has 1 rings (SSSR count). The number of hydrogen-bond donors (Lipinski definition) is 1. The predicted octanol–water partition coefficient (Wildman–Crippen LogP) is 1.76. The average molecular weight is 236 g/mol. The molecular weight excluding hydrogens is 220 g/mol. The molecule has 0 aromatic heterocycles.